The predicted octanol–water partition coefficient (Wildman–Crippen LogP) is 2.45. The summed E-state index contributed by atoms with van der Waals surface area (Å²) in [4.78, 5) is 14.6. The highest BCUT2D eigenvalue weighted by Crippen LogP contribution is 2.17. The van der Waals surface area contributed by atoms with Gasteiger partial charge in [-0.05, 0) is 49.9 Å². The highest BCUT2D eigenvalue weighted by atomic mass is 16.3. The number of likely N-dealkylation sites (tertiary alicyclic amines) is 1. The zero-order chi connectivity index (χ0) is 18.5. The summed E-state index contributed by atoms with van der Waals surface area (Å²) in [5, 5.41) is 20.0. The van der Waals surface area contributed by atoms with Crippen molar-refractivity contribution in [3.8, 4) is 5.75 Å². The van der Waals surface area contributed by atoms with E-state index in [4.69, 9.17) is 0 Å². The number of carbonyl (C=O) groups excluding carboxylic acids is 1. The van der Waals surface area contributed by atoms with Crippen LogP contribution in [0.25, 0.3) is 0 Å². The number of rotatable bonds is 6. The maximum atomic E-state index is 12.2. The Labute approximate surface area is 154 Å². The molecule has 6 heteroatoms. The fraction of sp³-hybridized carbons (Fsp3) is 0.500. The Morgan fingerprint density at radius 2 is 2.12 bits per heavy atom. The van der Waals surface area contributed by atoms with Crippen LogP contribution in [0.15, 0.2) is 24.3 Å². The lowest BCUT2D eigenvalue weighted by Gasteiger charge is -2.32. The smallest absolute Gasteiger partial charge is 0.220 e. The van der Waals surface area contributed by atoms with Crippen LogP contribution < -0.4 is 5.32 Å². The molecular formula is C20H28N4O2. The van der Waals surface area contributed by atoms with Gasteiger partial charge in [0.15, 0.2) is 0 Å². The molecule has 1 aliphatic heterocycles. The molecule has 2 aromatic rings. The Morgan fingerprint density at radius 3 is 2.77 bits per heavy atom. The maximum absolute atomic E-state index is 12.2. The molecule has 1 amide bonds. The van der Waals surface area contributed by atoms with Crippen LogP contribution in [0, 0.1) is 13.8 Å². The van der Waals surface area contributed by atoms with Crippen molar-refractivity contribution >= 4 is 5.91 Å². The van der Waals surface area contributed by atoms with Gasteiger partial charge in [0.2, 0.25) is 5.91 Å². The number of aromatic nitrogens is 2. The number of aromatic amines is 1. The van der Waals surface area contributed by atoms with Crippen molar-refractivity contribution < 1.29 is 9.90 Å². The predicted molar refractivity (Wildman–Crippen MR) is 101 cm³/mol. The van der Waals surface area contributed by atoms with Gasteiger partial charge in [-0.15, -0.1) is 0 Å². The third-order valence-electron chi connectivity index (χ3n) is 5.21. The van der Waals surface area contributed by atoms with Gasteiger partial charge in [-0.25, -0.2) is 0 Å². The van der Waals surface area contributed by atoms with E-state index in [9.17, 15) is 9.90 Å². The lowest BCUT2D eigenvalue weighted by molar-refractivity contribution is -0.122. The standard InChI is InChI=1S/C20H28N4O2/c1-14-15(2)22-23-19(14)6-7-20(26)21-17-8-10-24(11-9-17)13-16-4-3-5-18(25)12-16/h3-5,12,17,25H,6-11,13H2,1-2H3,(H,21,26)(H,22,23). The summed E-state index contributed by atoms with van der Waals surface area (Å²) < 4.78 is 0. The number of aromatic hydroxyl groups is 1. The largest absolute Gasteiger partial charge is 0.508 e. The second kappa shape index (κ2) is 8.36. The molecule has 0 atom stereocenters. The van der Waals surface area contributed by atoms with Crippen LogP contribution in [0.5, 0.6) is 5.75 Å². The third kappa shape index (κ3) is 4.85. The Hall–Kier alpha value is -2.34. The Morgan fingerprint density at radius 1 is 1.35 bits per heavy atom. The average molecular weight is 356 g/mol. The Bertz CT molecular complexity index is 748. The third-order valence-corrected chi connectivity index (χ3v) is 5.21. The highest BCUT2D eigenvalue weighted by Gasteiger charge is 2.21. The highest BCUT2D eigenvalue weighted by molar-refractivity contribution is 5.76. The second-order valence-electron chi connectivity index (χ2n) is 7.21. The minimum atomic E-state index is 0.108. The van der Waals surface area contributed by atoms with Crippen LogP contribution in [0.2, 0.25) is 0 Å². The van der Waals surface area contributed by atoms with Gasteiger partial charge in [0.25, 0.3) is 0 Å². The molecule has 140 valence electrons. The van der Waals surface area contributed by atoms with Crippen molar-refractivity contribution in [2.24, 2.45) is 0 Å². The topological polar surface area (TPSA) is 81.2 Å². The van der Waals surface area contributed by atoms with Crippen LogP contribution in [0.4, 0.5) is 0 Å². The van der Waals surface area contributed by atoms with Crippen LogP contribution in [0.1, 0.15) is 41.8 Å². The summed E-state index contributed by atoms with van der Waals surface area (Å²) in [6.45, 7) is 6.79. The molecule has 0 bridgehead atoms. The average Bonchev–Trinajstić information content (AvgIpc) is 2.94. The van der Waals surface area contributed by atoms with E-state index >= 15 is 0 Å². The molecule has 1 aromatic heterocycles. The number of nitrogens with zero attached hydrogens (tertiary/aromatic N) is 2. The van der Waals surface area contributed by atoms with Crippen molar-refractivity contribution in [2.75, 3.05) is 13.1 Å². The molecule has 3 rings (SSSR count). The molecule has 2 heterocycles. The first-order valence-corrected chi connectivity index (χ1v) is 9.31. The minimum Gasteiger partial charge on any atom is -0.508 e. The quantitative estimate of drug-likeness (QED) is 0.743. The van der Waals surface area contributed by atoms with E-state index in [2.05, 4.69) is 20.4 Å². The van der Waals surface area contributed by atoms with Crippen LogP contribution in [0.3, 0.4) is 0 Å². The van der Waals surface area contributed by atoms with Gasteiger partial charge in [0.1, 0.15) is 5.75 Å². The van der Waals surface area contributed by atoms with Crippen molar-refractivity contribution in [3.05, 3.63) is 46.8 Å². The lowest BCUT2D eigenvalue weighted by atomic mass is 10.0. The van der Waals surface area contributed by atoms with Crippen molar-refractivity contribution in [1.82, 2.24) is 20.4 Å². The van der Waals surface area contributed by atoms with Crippen molar-refractivity contribution in [1.29, 1.82) is 0 Å². The van der Waals surface area contributed by atoms with E-state index in [1.54, 1.807) is 6.07 Å². The normalized spacial score (nSPS) is 15.9. The molecule has 26 heavy (non-hydrogen) atoms. The number of hydrogen-bond acceptors (Lipinski definition) is 4. The monoisotopic (exact) mass is 356 g/mol. The van der Waals surface area contributed by atoms with E-state index in [1.165, 1.54) is 0 Å². The molecule has 0 aliphatic carbocycles. The van der Waals surface area contributed by atoms with Crippen molar-refractivity contribution in [2.45, 2.75) is 52.1 Å². The first-order chi connectivity index (χ1) is 12.5. The molecule has 6 nitrogen and oxygen atoms in total. The van der Waals surface area contributed by atoms with Crippen molar-refractivity contribution in [3.63, 3.8) is 0 Å². The van der Waals surface area contributed by atoms with Gasteiger partial charge < -0.3 is 10.4 Å². The number of hydrogen-bond donors (Lipinski definition) is 3. The number of H-pyrrole nitrogens is 1. The summed E-state index contributed by atoms with van der Waals surface area (Å²) in [7, 11) is 0. The first-order valence-electron chi connectivity index (χ1n) is 9.31. The summed E-state index contributed by atoms with van der Waals surface area (Å²) in [6.07, 6.45) is 3.09. The van der Waals surface area contributed by atoms with E-state index in [0.29, 0.717) is 18.6 Å². The molecule has 1 aromatic carbocycles. The fourth-order valence-corrected chi connectivity index (χ4v) is 3.46. The maximum Gasteiger partial charge on any atom is 0.220 e. The summed E-state index contributed by atoms with van der Waals surface area (Å²) in [5.74, 6) is 0.420. The second-order valence-corrected chi connectivity index (χ2v) is 7.21. The Kier molecular flexibility index (Phi) is 5.93. The number of phenolic OH excluding ortho intramolecular Hbond substituents is 1. The van der Waals surface area contributed by atoms with Gasteiger partial charge in [0.05, 0.1) is 5.69 Å². The van der Waals surface area contributed by atoms with E-state index in [0.717, 1.165) is 55.0 Å². The first kappa shape index (κ1) is 18.5. The number of phenols is 1. The van der Waals surface area contributed by atoms with Gasteiger partial charge in [0, 0.05) is 44.2 Å². The summed E-state index contributed by atoms with van der Waals surface area (Å²) in [5.41, 5.74) is 4.33. The Balaban J connectivity index is 1.39. The summed E-state index contributed by atoms with van der Waals surface area (Å²) >= 11 is 0. The van der Waals surface area contributed by atoms with Gasteiger partial charge in [-0.1, -0.05) is 12.1 Å². The zero-order valence-corrected chi connectivity index (χ0v) is 15.6. The molecule has 3 N–H and O–H groups in total. The molecule has 0 radical (unpaired) electrons. The molecule has 1 saturated heterocycles. The van der Waals surface area contributed by atoms with E-state index in [-0.39, 0.29) is 11.9 Å². The molecule has 0 saturated carbocycles. The number of aryl methyl sites for hydroxylation is 2. The van der Waals surface area contributed by atoms with Crippen LogP contribution >= 0.6 is 0 Å². The van der Waals surface area contributed by atoms with E-state index < -0.39 is 0 Å². The molecule has 1 fully saturated rings. The molecule has 0 spiro atoms. The number of piperidine rings is 1. The van der Waals surface area contributed by atoms with Crippen LogP contribution in [-0.2, 0) is 17.8 Å². The number of nitrogens with one attached hydrogen (secondary N) is 2. The summed E-state index contributed by atoms with van der Waals surface area (Å²) in [6, 6.07) is 7.67. The van der Waals surface area contributed by atoms with Crippen LogP contribution in [-0.4, -0.2) is 45.2 Å². The number of benzene rings is 1. The number of amides is 1. The SMILES string of the molecule is Cc1[nH]nc(CCC(=O)NC2CCN(Cc3cccc(O)c3)CC2)c1C. The van der Waals surface area contributed by atoms with E-state index in [1.807, 2.05) is 32.0 Å². The fourth-order valence-electron chi connectivity index (χ4n) is 3.46. The lowest BCUT2D eigenvalue weighted by Crippen LogP contribution is -2.44. The van der Waals surface area contributed by atoms with Gasteiger partial charge in [-0.2, -0.15) is 5.10 Å². The zero-order valence-electron chi connectivity index (χ0n) is 15.6. The molecule has 1 aliphatic rings. The van der Waals surface area contributed by atoms with Gasteiger partial charge >= 0.3 is 0 Å². The minimum absolute atomic E-state index is 0.108. The van der Waals surface area contributed by atoms with Gasteiger partial charge in [-0.3, -0.25) is 14.8 Å². The number of carbonyl (C=O) groups is 1. The molecule has 0 unspecified atom stereocenters. The molecular weight excluding hydrogens is 328 g/mol.